The molecule has 2 aromatic carbocycles. The molecule has 1 amide bonds. The number of nitrogens with zero attached hydrogens (tertiary/aromatic N) is 2. The highest BCUT2D eigenvalue weighted by atomic mass is 19.1. The van der Waals surface area contributed by atoms with Gasteiger partial charge in [-0.1, -0.05) is 43.3 Å². The largest absolute Gasteiger partial charge is 0.385 e. The van der Waals surface area contributed by atoms with Crippen LogP contribution in [0.5, 0.6) is 0 Å². The van der Waals surface area contributed by atoms with E-state index in [1.165, 1.54) is 12.1 Å². The van der Waals surface area contributed by atoms with Gasteiger partial charge in [-0.05, 0) is 44.4 Å². The Kier molecular flexibility index (Phi) is 6.36. The SMILES string of the molecule is C[C@H]1CN(C(=O)C2CN(C(C)(C)C)CC2c2ccc(F)cc2F)CC[C@]1(O)c1ccccc1. The summed E-state index contributed by atoms with van der Waals surface area (Å²) in [7, 11) is 0. The van der Waals surface area contributed by atoms with Crippen LogP contribution in [0.1, 0.15) is 51.2 Å². The Morgan fingerprint density at radius 1 is 1.06 bits per heavy atom. The van der Waals surface area contributed by atoms with Gasteiger partial charge in [0.2, 0.25) is 5.91 Å². The molecule has 4 atom stereocenters. The molecule has 6 heteroatoms. The summed E-state index contributed by atoms with van der Waals surface area (Å²) in [6.45, 7) is 10.2. The number of hydrogen-bond acceptors (Lipinski definition) is 3. The third-order valence-electron chi connectivity index (χ3n) is 7.61. The van der Waals surface area contributed by atoms with E-state index in [0.29, 0.717) is 38.2 Å². The van der Waals surface area contributed by atoms with Gasteiger partial charge in [-0.15, -0.1) is 0 Å². The predicted octanol–water partition coefficient (Wildman–Crippen LogP) is 4.53. The van der Waals surface area contributed by atoms with Crippen LogP contribution >= 0.6 is 0 Å². The first kappa shape index (κ1) is 23.8. The number of rotatable bonds is 3. The maximum absolute atomic E-state index is 14.7. The second-order valence-electron chi connectivity index (χ2n) is 10.7. The van der Waals surface area contributed by atoms with Crippen molar-refractivity contribution in [2.24, 2.45) is 11.8 Å². The number of amides is 1. The molecule has 0 spiro atoms. The van der Waals surface area contributed by atoms with Crippen LogP contribution in [-0.4, -0.2) is 52.5 Å². The average Bonchev–Trinajstić information content (AvgIpc) is 3.21. The van der Waals surface area contributed by atoms with Crippen molar-refractivity contribution in [1.82, 2.24) is 9.80 Å². The molecule has 0 bridgehead atoms. The first-order chi connectivity index (χ1) is 15.5. The molecule has 2 aliphatic rings. The number of piperidine rings is 1. The van der Waals surface area contributed by atoms with Gasteiger partial charge in [-0.2, -0.15) is 0 Å². The number of aliphatic hydroxyl groups is 1. The summed E-state index contributed by atoms with van der Waals surface area (Å²) in [6.07, 6.45) is 0.454. The molecule has 33 heavy (non-hydrogen) atoms. The maximum Gasteiger partial charge on any atom is 0.227 e. The summed E-state index contributed by atoms with van der Waals surface area (Å²) in [5.41, 5.74) is 0.114. The third kappa shape index (κ3) is 4.56. The monoisotopic (exact) mass is 456 g/mol. The summed E-state index contributed by atoms with van der Waals surface area (Å²) in [4.78, 5) is 17.8. The van der Waals surface area contributed by atoms with E-state index in [1.54, 1.807) is 0 Å². The van der Waals surface area contributed by atoms with Gasteiger partial charge in [0.15, 0.2) is 0 Å². The fraction of sp³-hybridized carbons (Fsp3) is 0.519. The average molecular weight is 457 g/mol. The zero-order chi connectivity index (χ0) is 24.0. The molecule has 2 heterocycles. The second kappa shape index (κ2) is 8.80. The van der Waals surface area contributed by atoms with Crippen molar-refractivity contribution in [1.29, 1.82) is 0 Å². The summed E-state index contributed by atoms with van der Waals surface area (Å²) >= 11 is 0. The van der Waals surface area contributed by atoms with Crippen LogP contribution in [-0.2, 0) is 10.4 Å². The standard InChI is InChI=1S/C27H34F2N2O2/c1-18-15-30(13-12-27(18,33)19-8-6-5-7-9-19)25(32)23-17-31(26(2,3)4)16-22(23)21-11-10-20(28)14-24(21)29/h5-11,14,18,22-23,33H,12-13,15-17H2,1-4H3/t18-,22?,23?,27+/m0/s1. The number of likely N-dealkylation sites (tertiary alicyclic amines) is 2. The zero-order valence-electron chi connectivity index (χ0n) is 19.9. The van der Waals surface area contributed by atoms with Crippen molar-refractivity contribution in [2.75, 3.05) is 26.2 Å². The molecular weight excluding hydrogens is 422 g/mol. The number of halogens is 2. The Bertz CT molecular complexity index is 1010. The molecule has 2 saturated heterocycles. The lowest BCUT2D eigenvalue weighted by atomic mass is 9.76. The molecule has 2 aromatic rings. The van der Waals surface area contributed by atoms with Crippen LogP contribution < -0.4 is 0 Å². The molecule has 1 N–H and O–H groups in total. The Hall–Kier alpha value is -2.31. The molecule has 0 radical (unpaired) electrons. The van der Waals surface area contributed by atoms with Crippen molar-refractivity contribution in [3.05, 3.63) is 71.3 Å². The highest BCUT2D eigenvalue weighted by molar-refractivity contribution is 5.81. The second-order valence-corrected chi connectivity index (χ2v) is 10.7. The van der Waals surface area contributed by atoms with Crippen LogP contribution in [0, 0.1) is 23.5 Å². The van der Waals surface area contributed by atoms with Gasteiger partial charge in [-0.25, -0.2) is 8.78 Å². The van der Waals surface area contributed by atoms with E-state index < -0.39 is 23.2 Å². The lowest BCUT2D eigenvalue weighted by molar-refractivity contribution is -0.144. The van der Waals surface area contributed by atoms with E-state index in [2.05, 4.69) is 25.7 Å². The minimum absolute atomic E-state index is 0.0163. The number of carbonyl (C=O) groups is 1. The van der Waals surface area contributed by atoms with Crippen LogP contribution in [0.25, 0.3) is 0 Å². The molecule has 4 nitrogen and oxygen atoms in total. The normalized spacial score (nSPS) is 28.8. The lowest BCUT2D eigenvalue weighted by Crippen LogP contribution is -2.52. The Morgan fingerprint density at radius 2 is 1.76 bits per heavy atom. The summed E-state index contributed by atoms with van der Waals surface area (Å²) in [5, 5.41) is 11.4. The topological polar surface area (TPSA) is 43.8 Å². The fourth-order valence-corrected chi connectivity index (χ4v) is 5.43. The van der Waals surface area contributed by atoms with Gasteiger partial charge in [0, 0.05) is 49.6 Å². The number of benzene rings is 2. The lowest BCUT2D eigenvalue weighted by Gasteiger charge is -2.44. The molecule has 0 aliphatic carbocycles. The van der Waals surface area contributed by atoms with E-state index in [-0.39, 0.29) is 23.3 Å². The maximum atomic E-state index is 14.7. The van der Waals surface area contributed by atoms with Gasteiger partial charge < -0.3 is 10.0 Å². The van der Waals surface area contributed by atoms with Crippen molar-refractivity contribution in [3.8, 4) is 0 Å². The summed E-state index contributed by atoms with van der Waals surface area (Å²) < 4.78 is 28.3. The minimum Gasteiger partial charge on any atom is -0.385 e. The van der Waals surface area contributed by atoms with Crippen molar-refractivity contribution >= 4 is 5.91 Å². The Morgan fingerprint density at radius 3 is 2.36 bits per heavy atom. The highest BCUT2D eigenvalue weighted by Gasteiger charge is 2.47. The van der Waals surface area contributed by atoms with E-state index >= 15 is 0 Å². The van der Waals surface area contributed by atoms with Crippen LogP contribution in [0.2, 0.25) is 0 Å². The summed E-state index contributed by atoms with van der Waals surface area (Å²) in [6, 6.07) is 13.3. The van der Waals surface area contributed by atoms with Crippen LogP contribution in [0.4, 0.5) is 8.78 Å². The summed E-state index contributed by atoms with van der Waals surface area (Å²) in [5.74, 6) is -2.13. The van der Waals surface area contributed by atoms with E-state index in [1.807, 2.05) is 42.2 Å². The number of carbonyl (C=O) groups excluding carboxylic acids is 1. The molecule has 0 saturated carbocycles. The van der Waals surface area contributed by atoms with Gasteiger partial charge in [0.05, 0.1) is 11.5 Å². The van der Waals surface area contributed by atoms with Crippen molar-refractivity contribution < 1.29 is 18.7 Å². The van der Waals surface area contributed by atoms with Crippen LogP contribution in [0.3, 0.4) is 0 Å². The van der Waals surface area contributed by atoms with Gasteiger partial charge in [-0.3, -0.25) is 9.69 Å². The van der Waals surface area contributed by atoms with E-state index in [4.69, 9.17) is 0 Å². The quantitative estimate of drug-likeness (QED) is 0.738. The predicted molar refractivity (Wildman–Crippen MR) is 125 cm³/mol. The van der Waals surface area contributed by atoms with E-state index in [9.17, 15) is 18.7 Å². The molecule has 2 fully saturated rings. The first-order valence-corrected chi connectivity index (χ1v) is 11.8. The highest BCUT2D eigenvalue weighted by Crippen LogP contribution is 2.41. The third-order valence-corrected chi connectivity index (χ3v) is 7.61. The van der Waals surface area contributed by atoms with Crippen LogP contribution in [0.15, 0.2) is 48.5 Å². The fourth-order valence-electron chi connectivity index (χ4n) is 5.43. The van der Waals surface area contributed by atoms with Gasteiger partial charge in [0.1, 0.15) is 11.6 Å². The van der Waals surface area contributed by atoms with Gasteiger partial charge in [0.25, 0.3) is 0 Å². The molecule has 178 valence electrons. The smallest absolute Gasteiger partial charge is 0.227 e. The zero-order valence-corrected chi connectivity index (χ0v) is 19.9. The van der Waals surface area contributed by atoms with Gasteiger partial charge >= 0.3 is 0 Å². The van der Waals surface area contributed by atoms with Crippen molar-refractivity contribution in [2.45, 2.75) is 51.2 Å². The van der Waals surface area contributed by atoms with Crippen molar-refractivity contribution in [3.63, 3.8) is 0 Å². The minimum atomic E-state index is -0.979. The first-order valence-electron chi connectivity index (χ1n) is 11.8. The molecular formula is C27H34F2N2O2. The Labute approximate surface area is 195 Å². The molecule has 2 aliphatic heterocycles. The molecule has 0 aromatic heterocycles. The number of hydrogen-bond donors (Lipinski definition) is 1. The molecule has 4 rings (SSSR count). The molecule has 2 unspecified atom stereocenters. The van der Waals surface area contributed by atoms with E-state index in [0.717, 1.165) is 11.6 Å². The Balaban J connectivity index is 1.57.